The predicted octanol–water partition coefficient (Wildman–Crippen LogP) is 15.2. The summed E-state index contributed by atoms with van der Waals surface area (Å²) in [7, 11) is 0. The highest BCUT2D eigenvalue weighted by molar-refractivity contribution is 6.47. The average molecular weight is 1200 g/mol. The standard InChI is InChI=1S/C37H43FN2O3.C36H40FN7O2/c1-25(2)43-35(42)30-13-11-28(12-14-30)32(21-22-36(3,4)5)40-34(41)33(29-15-17-31(38)18-16-29)39-37(40)23-19-27(20-24-37)26-9-7-6-8-10-26;1-35(2,3)20-19-30(26-9-11-28(12-10-26)33(45)38-23-31-40-42-43-41-31)44-34(46)32(27-13-15-29(37)16-14-27)39-36(44)21-17-25(18-22-36)24-7-5-4-6-8-24/h6-18,25,27,32H,19-24H2,1-5H3;4-16,25,30H,17-23H2,1-3H3,(H,38,45)(H,40,41,42,43)/t27?,32-,37?;25?,30-,36?/m11/s1. The Hall–Kier alpha value is -8.53. The quantitative estimate of drug-likeness (QED) is 0.0847. The number of amides is 3. The molecule has 2 spiro atoms. The predicted molar refractivity (Wildman–Crippen MR) is 342 cm³/mol. The number of esters is 1. The molecule has 2 fully saturated rings. The average Bonchev–Trinajstić information content (AvgIpc) is 1.63. The van der Waals surface area contributed by atoms with Crippen LogP contribution < -0.4 is 5.32 Å². The van der Waals surface area contributed by atoms with Crippen molar-refractivity contribution in [2.75, 3.05) is 0 Å². The maximum absolute atomic E-state index is 14.5. The number of aliphatic imine (C=N–C) groups is 2. The van der Waals surface area contributed by atoms with E-state index in [1.54, 1.807) is 48.5 Å². The molecule has 0 radical (unpaired) electrons. The largest absolute Gasteiger partial charge is 0.459 e. The first-order valence-corrected chi connectivity index (χ1v) is 31.5. The van der Waals surface area contributed by atoms with Crippen molar-refractivity contribution in [1.29, 1.82) is 0 Å². The Kier molecular flexibility index (Phi) is 19.3. The number of hydrogen-bond acceptors (Lipinski definition) is 10. The molecular weight excluding hydrogens is 1120 g/mol. The normalized spacial score (nSPS) is 20.9. The Balaban J connectivity index is 0.000000197. The molecule has 4 aliphatic rings. The number of rotatable bonds is 17. The number of benzene rings is 6. The molecule has 2 aliphatic heterocycles. The van der Waals surface area contributed by atoms with Crippen LogP contribution in [0.25, 0.3) is 0 Å². The molecule has 2 aliphatic carbocycles. The van der Waals surface area contributed by atoms with Crippen LogP contribution in [0.4, 0.5) is 8.78 Å². The maximum atomic E-state index is 14.5. The fraction of sp³-hybridized carbons (Fsp3) is 0.411. The van der Waals surface area contributed by atoms with Gasteiger partial charge in [-0.3, -0.25) is 24.4 Å². The number of carbonyl (C=O) groups excluding carboxylic acids is 4. The minimum absolute atomic E-state index is 0.0365. The van der Waals surface area contributed by atoms with E-state index in [0.717, 1.165) is 88.2 Å². The Labute approximate surface area is 522 Å². The topological polar surface area (TPSA) is 175 Å². The van der Waals surface area contributed by atoms with Crippen LogP contribution in [0.1, 0.15) is 216 Å². The van der Waals surface area contributed by atoms with Crippen LogP contribution in [-0.2, 0) is 20.9 Å². The zero-order chi connectivity index (χ0) is 63.1. The first kappa shape index (κ1) is 63.5. The second-order valence-electron chi connectivity index (χ2n) is 27.1. The molecule has 0 saturated heterocycles. The van der Waals surface area contributed by atoms with E-state index >= 15 is 0 Å². The molecule has 464 valence electrons. The van der Waals surface area contributed by atoms with Gasteiger partial charge in [0, 0.05) is 16.7 Å². The molecule has 14 nitrogen and oxygen atoms in total. The van der Waals surface area contributed by atoms with Gasteiger partial charge >= 0.3 is 5.97 Å². The maximum Gasteiger partial charge on any atom is 0.338 e. The van der Waals surface area contributed by atoms with Crippen molar-refractivity contribution in [2.45, 2.75) is 180 Å². The molecule has 3 amide bonds. The van der Waals surface area contributed by atoms with Crippen LogP contribution in [-0.4, -0.2) is 83.0 Å². The van der Waals surface area contributed by atoms with E-state index < -0.39 is 11.3 Å². The summed E-state index contributed by atoms with van der Waals surface area (Å²) in [6.07, 6.45) is 9.63. The summed E-state index contributed by atoms with van der Waals surface area (Å²) in [6, 6.07) is 47.7. The zero-order valence-corrected chi connectivity index (χ0v) is 52.5. The number of halogens is 2. The number of carbonyl (C=O) groups is 4. The van der Waals surface area contributed by atoms with Crippen LogP contribution >= 0.6 is 0 Å². The summed E-state index contributed by atoms with van der Waals surface area (Å²) in [6.45, 7) is 17.1. The monoisotopic (exact) mass is 1200 g/mol. The van der Waals surface area contributed by atoms with Gasteiger partial charge in [0.1, 0.15) is 34.4 Å². The molecule has 0 unspecified atom stereocenters. The third kappa shape index (κ3) is 15.1. The van der Waals surface area contributed by atoms with Crippen molar-refractivity contribution in [3.63, 3.8) is 0 Å². The molecule has 0 bridgehead atoms. The van der Waals surface area contributed by atoms with Gasteiger partial charge < -0.3 is 19.9 Å². The smallest absolute Gasteiger partial charge is 0.338 e. The van der Waals surface area contributed by atoms with Crippen molar-refractivity contribution >= 4 is 35.1 Å². The van der Waals surface area contributed by atoms with Crippen LogP contribution in [0.3, 0.4) is 0 Å². The first-order valence-electron chi connectivity index (χ1n) is 31.5. The lowest BCUT2D eigenvalue weighted by Crippen LogP contribution is -2.50. The first-order chi connectivity index (χ1) is 42.6. The van der Waals surface area contributed by atoms with E-state index in [-0.39, 0.29) is 70.9 Å². The summed E-state index contributed by atoms with van der Waals surface area (Å²) in [5, 5.41) is 16.5. The van der Waals surface area contributed by atoms with E-state index in [9.17, 15) is 28.0 Å². The molecule has 11 rings (SSSR count). The molecule has 3 heterocycles. The van der Waals surface area contributed by atoms with Gasteiger partial charge in [0.25, 0.3) is 17.7 Å². The second kappa shape index (κ2) is 27.1. The van der Waals surface area contributed by atoms with E-state index in [0.29, 0.717) is 51.3 Å². The fourth-order valence-electron chi connectivity index (χ4n) is 13.2. The van der Waals surface area contributed by atoms with Crippen molar-refractivity contribution in [2.24, 2.45) is 20.8 Å². The van der Waals surface area contributed by atoms with Crippen molar-refractivity contribution in [3.8, 4) is 0 Å². The summed E-state index contributed by atoms with van der Waals surface area (Å²) in [4.78, 5) is 69.0. The molecule has 7 aromatic rings. The number of nitrogens with zero attached hydrogens (tertiary/aromatic N) is 7. The molecule has 16 heteroatoms. The number of aromatic nitrogens is 4. The van der Waals surface area contributed by atoms with Gasteiger partial charge in [0.15, 0.2) is 5.82 Å². The van der Waals surface area contributed by atoms with Crippen molar-refractivity contribution < 1.29 is 32.7 Å². The van der Waals surface area contributed by atoms with Crippen molar-refractivity contribution in [1.82, 2.24) is 35.7 Å². The molecule has 2 N–H and O–H groups in total. The highest BCUT2D eigenvalue weighted by Crippen LogP contribution is 2.51. The Morgan fingerprint density at radius 1 is 0.584 bits per heavy atom. The van der Waals surface area contributed by atoms with Gasteiger partial charge in [-0.25, -0.2) is 13.6 Å². The molecule has 2 saturated carbocycles. The lowest BCUT2D eigenvalue weighted by atomic mass is 9.77. The summed E-state index contributed by atoms with van der Waals surface area (Å²) in [5.74, 6) is -0.361. The molecule has 89 heavy (non-hydrogen) atoms. The Morgan fingerprint density at radius 2 is 0.989 bits per heavy atom. The van der Waals surface area contributed by atoms with Crippen LogP contribution in [0.15, 0.2) is 168 Å². The van der Waals surface area contributed by atoms with Gasteiger partial charge in [-0.1, -0.05) is 132 Å². The van der Waals surface area contributed by atoms with E-state index in [4.69, 9.17) is 14.7 Å². The molecule has 6 aromatic carbocycles. The zero-order valence-electron chi connectivity index (χ0n) is 52.5. The van der Waals surface area contributed by atoms with Gasteiger partial charge in [0.05, 0.1) is 30.3 Å². The van der Waals surface area contributed by atoms with Gasteiger partial charge in [-0.2, -0.15) is 5.21 Å². The minimum atomic E-state index is -0.713. The van der Waals surface area contributed by atoms with Crippen LogP contribution in [0.2, 0.25) is 0 Å². The Bertz CT molecular complexity index is 3600. The lowest BCUT2D eigenvalue weighted by Gasteiger charge is -2.46. The van der Waals surface area contributed by atoms with Crippen molar-refractivity contribution in [3.05, 3.63) is 220 Å². The highest BCUT2D eigenvalue weighted by atomic mass is 19.1. The number of tetrazole rings is 1. The third-order valence-electron chi connectivity index (χ3n) is 17.9. The van der Waals surface area contributed by atoms with Crippen LogP contribution in [0, 0.1) is 22.5 Å². The van der Waals surface area contributed by atoms with E-state index in [1.807, 2.05) is 60.0 Å². The third-order valence-corrected chi connectivity index (χ3v) is 17.9. The minimum Gasteiger partial charge on any atom is -0.459 e. The van der Waals surface area contributed by atoms with E-state index in [2.05, 4.69) is 116 Å². The highest BCUT2D eigenvalue weighted by Gasteiger charge is 2.54. The number of nitrogens with one attached hydrogen (secondary N) is 2. The molecule has 1 aromatic heterocycles. The van der Waals surface area contributed by atoms with Gasteiger partial charge in [-0.15, -0.1) is 10.2 Å². The summed E-state index contributed by atoms with van der Waals surface area (Å²) in [5.41, 5.74) is 6.28. The summed E-state index contributed by atoms with van der Waals surface area (Å²) >= 11 is 0. The van der Waals surface area contributed by atoms with Gasteiger partial charge in [0.2, 0.25) is 0 Å². The van der Waals surface area contributed by atoms with E-state index in [1.165, 1.54) is 35.4 Å². The second-order valence-corrected chi connectivity index (χ2v) is 27.1. The van der Waals surface area contributed by atoms with Gasteiger partial charge in [-0.05, 0) is 209 Å². The number of aromatic amines is 1. The Morgan fingerprint density at radius 3 is 1.36 bits per heavy atom. The fourth-order valence-corrected chi connectivity index (χ4v) is 13.2. The lowest BCUT2D eigenvalue weighted by molar-refractivity contribution is -0.134. The molecular formula is C73H83F2N9O5. The van der Waals surface area contributed by atoms with Crippen LogP contribution in [0.5, 0.6) is 0 Å². The molecule has 2 atom stereocenters. The number of hydrogen-bond donors (Lipinski definition) is 2. The number of H-pyrrole nitrogens is 1. The SMILES string of the molecule is CC(C)(C)CC[C@H](c1ccc(C(=O)NCc2nn[nH]n2)cc1)N1C(=O)C(c2ccc(F)cc2)=NC12CCC(c1ccccc1)CC2.CC(C)OC(=O)c1ccc([C@@H](CCC(C)(C)C)N2C(=O)C(c3ccc(F)cc3)=NC23CCC(c2ccccc2)CC3)cc1. The number of ether oxygens (including phenoxy) is 1. The summed E-state index contributed by atoms with van der Waals surface area (Å²) < 4.78 is 33.2.